The number of hydrogen-bond donors (Lipinski definition) is 2. The molecule has 0 bridgehead atoms. The Morgan fingerprint density at radius 3 is 2.68 bits per heavy atom. The smallest absolute Gasteiger partial charge is 0.335 e. The first-order valence-electron chi connectivity index (χ1n) is 7.42. The number of carbonyl (C=O) groups excluding carboxylic acids is 1. The first-order chi connectivity index (χ1) is 11.8. The van der Waals surface area contributed by atoms with Crippen molar-refractivity contribution in [1.82, 2.24) is 9.55 Å². The van der Waals surface area contributed by atoms with Crippen molar-refractivity contribution in [1.29, 1.82) is 0 Å². The average molecular weight is 357 g/mol. The van der Waals surface area contributed by atoms with Crippen LogP contribution in [0.5, 0.6) is 0 Å². The maximum Gasteiger partial charge on any atom is 0.335 e. The summed E-state index contributed by atoms with van der Waals surface area (Å²) >= 11 is 1.10. The molecule has 3 N–H and O–H groups in total. The molecule has 7 nitrogen and oxygen atoms in total. The van der Waals surface area contributed by atoms with Gasteiger partial charge in [0.15, 0.2) is 0 Å². The predicted molar refractivity (Wildman–Crippen MR) is 94.4 cm³/mol. The molecule has 3 rings (SSSR count). The Hall–Kier alpha value is -3.00. The lowest BCUT2D eigenvalue weighted by Crippen LogP contribution is -2.24. The summed E-state index contributed by atoms with van der Waals surface area (Å²) in [6, 6.07) is 6.39. The molecule has 2 aromatic heterocycles. The van der Waals surface area contributed by atoms with Crippen molar-refractivity contribution >= 4 is 33.4 Å². The lowest BCUT2D eigenvalue weighted by molar-refractivity contribution is 0.0696. The molecule has 0 unspecified atom stereocenters. The normalized spacial score (nSPS) is 11.0. The van der Waals surface area contributed by atoms with Crippen LogP contribution in [0.2, 0.25) is 0 Å². The molecule has 0 aliphatic carbocycles. The number of amides is 1. The average Bonchev–Trinajstić information content (AvgIpc) is 2.88. The molecule has 0 fully saturated rings. The van der Waals surface area contributed by atoms with Gasteiger partial charge in [-0.15, -0.1) is 11.3 Å². The molecular formula is C17H15N3O4S. The van der Waals surface area contributed by atoms with Gasteiger partial charge >= 0.3 is 5.97 Å². The van der Waals surface area contributed by atoms with E-state index in [1.807, 2.05) is 0 Å². The van der Waals surface area contributed by atoms with Gasteiger partial charge < -0.3 is 10.8 Å². The highest BCUT2D eigenvalue weighted by Gasteiger charge is 2.19. The molecule has 0 spiro atoms. The molecule has 0 aliphatic heterocycles. The van der Waals surface area contributed by atoms with E-state index < -0.39 is 11.9 Å². The van der Waals surface area contributed by atoms with Crippen molar-refractivity contribution in [3.63, 3.8) is 0 Å². The van der Waals surface area contributed by atoms with Crippen LogP contribution in [-0.2, 0) is 6.54 Å². The largest absolute Gasteiger partial charge is 0.478 e. The number of hydrogen-bond acceptors (Lipinski definition) is 5. The minimum atomic E-state index is -1.03. The Kier molecular flexibility index (Phi) is 4.13. The van der Waals surface area contributed by atoms with E-state index in [9.17, 15) is 14.4 Å². The van der Waals surface area contributed by atoms with Crippen LogP contribution in [0.15, 0.2) is 29.1 Å². The fourth-order valence-electron chi connectivity index (χ4n) is 2.72. The van der Waals surface area contributed by atoms with E-state index in [-0.39, 0.29) is 17.7 Å². The highest BCUT2D eigenvalue weighted by Crippen LogP contribution is 2.27. The Balaban J connectivity index is 2.15. The van der Waals surface area contributed by atoms with E-state index in [0.29, 0.717) is 32.0 Å². The molecular weight excluding hydrogens is 342 g/mol. The molecule has 2 heterocycles. The number of carbonyl (C=O) groups is 2. The number of rotatable bonds is 4. The van der Waals surface area contributed by atoms with Crippen molar-refractivity contribution in [2.45, 2.75) is 20.4 Å². The third-order valence-electron chi connectivity index (χ3n) is 3.98. The summed E-state index contributed by atoms with van der Waals surface area (Å²) < 4.78 is 1.47. The van der Waals surface area contributed by atoms with Gasteiger partial charge in [0.05, 0.1) is 22.4 Å². The molecule has 1 aromatic carbocycles. The number of aromatic nitrogens is 2. The maximum absolute atomic E-state index is 12.9. The SMILES string of the molecule is Cc1c(C(N)=O)sc2nc(C)n(Cc3cccc(C(=O)O)c3)c(=O)c12. The molecule has 0 aliphatic rings. The van der Waals surface area contributed by atoms with Crippen molar-refractivity contribution in [2.24, 2.45) is 5.73 Å². The summed E-state index contributed by atoms with van der Waals surface area (Å²) in [7, 11) is 0. The number of carboxylic acids is 1. The van der Waals surface area contributed by atoms with Crippen molar-refractivity contribution in [2.75, 3.05) is 0 Å². The van der Waals surface area contributed by atoms with E-state index >= 15 is 0 Å². The number of nitrogens with zero attached hydrogens (tertiary/aromatic N) is 2. The zero-order valence-electron chi connectivity index (χ0n) is 13.6. The maximum atomic E-state index is 12.9. The molecule has 0 radical (unpaired) electrons. The summed E-state index contributed by atoms with van der Waals surface area (Å²) in [6.45, 7) is 3.56. The fraction of sp³-hybridized carbons (Fsp3) is 0.176. The fourth-order valence-corrected chi connectivity index (χ4v) is 3.79. The Bertz CT molecular complexity index is 1080. The summed E-state index contributed by atoms with van der Waals surface area (Å²) in [5.41, 5.74) is 6.43. The van der Waals surface area contributed by atoms with E-state index in [1.54, 1.807) is 26.0 Å². The zero-order chi connectivity index (χ0) is 18.3. The molecule has 128 valence electrons. The summed E-state index contributed by atoms with van der Waals surface area (Å²) in [4.78, 5) is 40.7. The number of fused-ring (bicyclic) bond motifs is 1. The Labute approximate surface area is 146 Å². The monoisotopic (exact) mass is 357 g/mol. The third kappa shape index (κ3) is 2.91. The predicted octanol–water partition coefficient (Wildman–Crippen LogP) is 1.92. The Morgan fingerprint density at radius 1 is 1.32 bits per heavy atom. The highest BCUT2D eigenvalue weighted by atomic mass is 32.1. The third-order valence-corrected chi connectivity index (χ3v) is 5.18. The lowest BCUT2D eigenvalue weighted by Gasteiger charge is -2.10. The van der Waals surface area contributed by atoms with Crippen LogP contribution < -0.4 is 11.3 Å². The quantitative estimate of drug-likeness (QED) is 0.740. The van der Waals surface area contributed by atoms with Crippen LogP contribution >= 0.6 is 11.3 Å². The standard InChI is InChI=1S/C17H15N3O4S/c1-8-12-15(25-13(8)14(18)21)19-9(2)20(16(12)22)7-10-4-3-5-11(6-10)17(23)24/h3-6H,7H2,1-2H3,(H2,18,21)(H,23,24). The summed E-state index contributed by atoms with van der Waals surface area (Å²) in [6.07, 6.45) is 0. The number of benzene rings is 1. The van der Waals surface area contributed by atoms with Gasteiger partial charge in [-0.25, -0.2) is 9.78 Å². The highest BCUT2D eigenvalue weighted by molar-refractivity contribution is 7.20. The van der Waals surface area contributed by atoms with E-state index in [1.165, 1.54) is 16.7 Å². The minimum absolute atomic E-state index is 0.153. The first kappa shape index (κ1) is 16.8. The minimum Gasteiger partial charge on any atom is -0.478 e. The molecule has 1 amide bonds. The first-order valence-corrected chi connectivity index (χ1v) is 8.23. The second-order valence-corrected chi connectivity index (χ2v) is 6.66. The van der Waals surface area contributed by atoms with Crippen LogP contribution in [0.4, 0.5) is 0 Å². The molecule has 0 atom stereocenters. The van der Waals surface area contributed by atoms with Crippen molar-refractivity contribution in [3.05, 3.63) is 62.0 Å². The molecule has 0 saturated heterocycles. The Morgan fingerprint density at radius 2 is 2.04 bits per heavy atom. The number of thiophene rings is 1. The van der Waals surface area contributed by atoms with Crippen molar-refractivity contribution < 1.29 is 14.7 Å². The molecule has 25 heavy (non-hydrogen) atoms. The number of primary amides is 1. The van der Waals surface area contributed by atoms with Gasteiger partial charge in [-0.05, 0) is 37.1 Å². The number of aromatic carboxylic acids is 1. The number of nitrogens with two attached hydrogens (primary N) is 1. The van der Waals surface area contributed by atoms with Gasteiger partial charge in [-0.2, -0.15) is 0 Å². The second kappa shape index (κ2) is 6.14. The summed E-state index contributed by atoms with van der Waals surface area (Å²) in [5, 5.41) is 9.47. The van der Waals surface area contributed by atoms with Gasteiger partial charge in [-0.1, -0.05) is 12.1 Å². The second-order valence-electron chi connectivity index (χ2n) is 5.66. The zero-order valence-corrected chi connectivity index (χ0v) is 14.4. The van der Waals surface area contributed by atoms with E-state index in [4.69, 9.17) is 10.8 Å². The van der Waals surface area contributed by atoms with Crippen LogP contribution in [0, 0.1) is 13.8 Å². The van der Waals surface area contributed by atoms with Crippen molar-refractivity contribution in [3.8, 4) is 0 Å². The van der Waals surface area contributed by atoms with Crippen LogP contribution in [0.25, 0.3) is 10.2 Å². The molecule has 3 aromatic rings. The van der Waals surface area contributed by atoms with Crippen LogP contribution in [0.1, 0.15) is 37.0 Å². The van der Waals surface area contributed by atoms with Gasteiger partial charge in [0.1, 0.15) is 10.7 Å². The van der Waals surface area contributed by atoms with E-state index in [0.717, 1.165) is 11.3 Å². The topological polar surface area (TPSA) is 115 Å². The molecule has 0 saturated carbocycles. The van der Waals surface area contributed by atoms with Gasteiger partial charge in [0.2, 0.25) is 0 Å². The van der Waals surface area contributed by atoms with Gasteiger partial charge in [0.25, 0.3) is 11.5 Å². The van der Waals surface area contributed by atoms with Crippen LogP contribution in [0.3, 0.4) is 0 Å². The lowest BCUT2D eigenvalue weighted by atomic mass is 10.1. The number of aryl methyl sites for hydroxylation is 2. The number of carboxylic acid groups (broad SMARTS) is 1. The van der Waals surface area contributed by atoms with Gasteiger partial charge in [-0.3, -0.25) is 14.2 Å². The van der Waals surface area contributed by atoms with Gasteiger partial charge in [0, 0.05) is 0 Å². The molecule has 8 heteroatoms. The van der Waals surface area contributed by atoms with Crippen LogP contribution in [-0.4, -0.2) is 26.5 Å². The summed E-state index contributed by atoms with van der Waals surface area (Å²) in [5.74, 6) is -1.13. The van der Waals surface area contributed by atoms with E-state index in [2.05, 4.69) is 4.98 Å².